The Morgan fingerprint density at radius 2 is 1.94 bits per heavy atom. The van der Waals surface area contributed by atoms with E-state index in [9.17, 15) is 9.59 Å². The second-order valence-electron chi connectivity index (χ2n) is 6.88. The van der Waals surface area contributed by atoms with Crippen LogP contribution >= 0.6 is 0 Å². The summed E-state index contributed by atoms with van der Waals surface area (Å²) in [6.07, 6.45) is 0. The molecule has 0 aliphatic carbocycles. The van der Waals surface area contributed by atoms with Gasteiger partial charge in [-0.05, 0) is 25.1 Å². The fourth-order valence-corrected chi connectivity index (χ4v) is 3.85. The van der Waals surface area contributed by atoms with Gasteiger partial charge in [0.2, 0.25) is 5.88 Å². The van der Waals surface area contributed by atoms with Crippen molar-refractivity contribution in [1.82, 2.24) is 4.98 Å². The van der Waals surface area contributed by atoms with Gasteiger partial charge in [0.1, 0.15) is 22.8 Å². The van der Waals surface area contributed by atoms with Crippen LogP contribution in [0.25, 0.3) is 10.9 Å². The first kappa shape index (κ1) is 20.3. The largest absolute Gasteiger partial charge is 0.497 e. The molecule has 8 heteroatoms. The summed E-state index contributed by atoms with van der Waals surface area (Å²) in [6.45, 7) is 1.83. The van der Waals surface area contributed by atoms with Gasteiger partial charge in [-0.15, -0.1) is 0 Å². The van der Waals surface area contributed by atoms with Gasteiger partial charge in [-0.2, -0.15) is 0 Å². The number of methoxy groups -OCH3 is 2. The molecule has 0 radical (unpaired) electrons. The monoisotopic (exact) mass is 422 g/mol. The number of esters is 1. The highest BCUT2D eigenvalue weighted by molar-refractivity contribution is 5.95. The predicted octanol–water partition coefficient (Wildman–Crippen LogP) is 2.80. The maximum Gasteiger partial charge on any atom is 0.340 e. The number of H-pyrrole nitrogens is 1. The molecule has 1 aliphatic heterocycles. The van der Waals surface area contributed by atoms with Crippen molar-refractivity contribution >= 4 is 16.9 Å². The average molecular weight is 422 g/mol. The number of nitrogens with two attached hydrogens (primary N) is 1. The third-order valence-electron chi connectivity index (χ3n) is 5.21. The standard InChI is InChI=1S/C23H22N2O6/c1-4-30-23(27)19-17(14-10-9-12(28-2)11-16(14)29-3)18-20(31-21(19)24)13-7-5-6-8-15(13)25-22(18)26/h5-11,17H,4,24H2,1-3H3,(H,25,26)/t17-/m1/s1. The molecule has 0 saturated carbocycles. The highest BCUT2D eigenvalue weighted by Gasteiger charge is 2.40. The number of aromatic amines is 1. The smallest absolute Gasteiger partial charge is 0.340 e. The van der Waals surface area contributed by atoms with E-state index in [0.717, 1.165) is 0 Å². The van der Waals surface area contributed by atoms with Gasteiger partial charge in [-0.25, -0.2) is 4.79 Å². The maximum atomic E-state index is 13.2. The van der Waals surface area contributed by atoms with Crippen LogP contribution in [0.2, 0.25) is 0 Å². The molecule has 1 atom stereocenters. The Labute approximate surface area is 178 Å². The number of rotatable bonds is 5. The lowest BCUT2D eigenvalue weighted by atomic mass is 9.82. The molecule has 0 saturated heterocycles. The zero-order chi connectivity index (χ0) is 22.1. The molecule has 31 heavy (non-hydrogen) atoms. The molecule has 0 fully saturated rings. The number of hydrogen-bond donors (Lipinski definition) is 2. The zero-order valence-corrected chi connectivity index (χ0v) is 17.4. The molecule has 8 nitrogen and oxygen atoms in total. The van der Waals surface area contributed by atoms with Crippen molar-refractivity contribution < 1.29 is 23.7 Å². The van der Waals surface area contributed by atoms with Gasteiger partial charge in [0.05, 0.1) is 37.8 Å². The molecule has 1 aromatic heterocycles. The van der Waals surface area contributed by atoms with E-state index in [1.54, 1.807) is 37.3 Å². The van der Waals surface area contributed by atoms with Crippen molar-refractivity contribution in [2.45, 2.75) is 12.8 Å². The number of hydrogen-bond acceptors (Lipinski definition) is 7. The van der Waals surface area contributed by atoms with Crippen LogP contribution < -0.4 is 25.5 Å². The van der Waals surface area contributed by atoms with Crippen molar-refractivity contribution in [2.24, 2.45) is 5.73 Å². The Bertz CT molecular complexity index is 1260. The van der Waals surface area contributed by atoms with Gasteiger partial charge in [0.25, 0.3) is 5.56 Å². The van der Waals surface area contributed by atoms with E-state index in [0.29, 0.717) is 33.7 Å². The highest BCUT2D eigenvalue weighted by Crippen LogP contribution is 2.46. The number of fused-ring (bicyclic) bond motifs is 3. The Morgan fingerprint density at radius 1 is 1.16 bits per heavy atom. The van der Waals surface area contributed by atoms with E-state index >= 15 is 0 Å². The van der Waals surface area contributed by atoms with E-state index in [1.807, 2.05) is 12.1 Å². The van der Waals surface area contributed by atoms with E-state index in [-0.39, 0.29) is 23.6 Å². The number of pyridine rings is 1. The molecular weight excluding hydrogens is 400 g/mol. The topological polar surface area (TPSA) is 113 Å². The summed E-state index contributed by atoms with van der Waals surface area (Å²) in [5.41, 5.74) is 7.26. The van der Waals surface area contributed by atoms with E-state index in [2.05, 4.69) is 4.98 Å². The van der Waals surface area contributed by atoms with Crippen LogP contribution in [0.3, 0.4) is 0 Å². The second kappa shape index (κ2) is 8.06. The minimum atomic E-state index is -0.864. The number of carbonyl (C=O) groups excluding carboxylic acids is 1. The van der Waals surface area contributed by atoms with Gasteiger partial charge in [0.15, 0.2) is 0 Å². The Hall–Kier alpha value is -3.94. The van der Waals surface area contributed by atoms with Crippen LogP contribution in [0.4, 0.5) is 0 Å². The maximum absolute atomic E-state index is 13.2. The van der Waals surface area contributed by atoms with Crippen LogP contribution in [0, 0.1) is 0 Å². The number of ether oxygens (including phenoxy) is 4. The van der Waals surface area contributed by atoms with Crippen LogP contribution in [0.15, 0.2) is 58.7 Å². The zero-order valence-electron chi connectivity index (χ0n) is 17.4. The number of para-hydroxylation sites is 1. The normalized spacial score (nSPS) is 15.3. The number of benzene rings is 2. The molecular formula is C23H22N2O6. The lowest BCUT2D eigenvalue weighted by Crippen LogP contribution is -2.32. The predicted molar refractivity (Wildman–Crippen MR) is 114 cm³/mol. The van der Waals surface area contributed by atoms with Crippen LogP contribution in [-0.2, 0) is 9.53 Å². The van der Waals surface area contributed by atoms with Crippen molar-refractivity contribution in [3.05, 3.63) is 75.4 Å². The lowest BCUT2D eigenvalue weighted by Gasteiger charge is -2.29. The first-order valence-electron chi connectivity index (χ1n) is 9.71. The van der Waals surface area contributed by atoms with Crippen molar-refractivity contribution in [3.8, 4) is 17.2 Å². The molecule has 4 rings (SSSR count). The average Bonchev–Trinajstić information content (AvgIpc) is 2.78. The fraction of sp³-hybridized carbons (Fsp3) is 0.217. The molecule has 2 heterocycles. The molecule has 3 N–H and O–H groups in total. The number of nitrogens with one attached hydrogen (secondary N) is 1. The van der Waals surface area contributed by atoms with Gasteiger partial charge in [-0.3, -0.25) is 4.79 Å². The van der Waals surface area contributed by atoms with Crippen LogP contribution in [0.5, 0.6) is 17.2 Å². The van der Waals surface area contributed by atoms with E-state index in [4.69, 9.17) is 24.7 Å². The Balaban J connectivity index is 2.06. The summed E-state index contributed by atoms with van der Waals surface area (Å²) in [4.78, 5) is 28.9. The van der Waals surface area contributed by atoms with Crippen LogP contribution in [-0.4, -0.2) is 31.8 Å². The van der Waals surface area contributed by atoms with Crippen molar-refractivity contribution in [2.75, 3.05) is 20.8 Å². The summed E-state index contributed by atoms with van der Waals surface area (Å²) in [6, 6.07) is 12.4. The Morgan fingerprint density at radius 3 is 2.65 bits per heavy atom. The number of carbonyl (C=O) groups is 1. The molecule has 1 aliphatic rings. The Kier molecular flexibility index (Phi) is 5.29. The van der Waals surface area contributed by atoms with E-state index < -0.39 is 17.4 Å². The molecule has 0 bridgehead atoms. The summed E-state index contributed by atoms with van der Waals surface area (Å²) < 4.78 is 21.9. The van der Waals surface area contributed by atoms with Gasteiger partial charge >= 0.3 is 5.97 Å². The molecule has 3 aromatic rings. The minimum absolute atomic E-state index is 0.0404. The minimum Gasteiger partial charge on any atom is -0.497 e. The summed E-state index contributed by atoms with van der Waals surface area (Å²) in [5.74, 6) is -0.357. The number of aromatic nitrogens is 1. The van der Waals surface area contributed by atoms with Gasteiger partial charge in [-0.1, -0.05) is 18.2 Å². The summed E-state index contributed by atoms with van der Waals surface area (Å²) >= 11 is 0. The van der Waals surface area contributed by atoms with Gasteiger partial charge < -0.3 is 29.7 Å². The first-order valence-corrected chi connectivity index (χ1v) is 9.71. The molecule has 160 valence electrons. The summed E-state index contributed by atoms with van der Waals surface area (Å²) in [5, 5.41) is 0.667. The third-order valence-corrected chi connectivity index (χ3v) is 5.21. The fourth-order valence-electron chi connectivity index (χ4n) is 3.85. The SMILES string of the molecule is CCOC(=O)C1=C(N)Oc2c(c(=O)[nH]c3ccccc23)[C@H]1c1ccc(OC)cc1OC. The van der Waals surface area contributed by atoms with Crippen molar-refractivity contribution in [1.29, 1.82) is 0 Å². The molecule has 0 unspecified atom stereocenters. The molecule has 0 amide bonds. The quantitative estimate of drug-likeness (QED) is 0.608. The molecule has 0 spiro atoms. The summed E-state index contributed by atoms with van der Waals surface area (Å²) in [7, 11) is 3.04. The first-order chi connectivity index (χ1) is 15.0. The lowest BCUT2D eigenvalue weighted by molar-refractivity contribution is -0.139. The second-order valence-corrected chi connectivity index (χ2v) is 6.88. The third kappa shape index (κ3) is 3.35. The van der Waals surface area contributed by atoms with E-state index in [1.165, 1.54) is 14.2 Å². The molecule has 2 aromatic carbocycles. The van der Waals surface area contributed by atoms with Crippen LogP contribution in [0.1, 0.15) is 24.0 Å². The van der Waals surface area contributed by atoms with Gasteiger partial charge in [0, 0.05) is 17.0 Å². The van der Waals surface area contributed by atoms with Crippen molar-refractivity contribution in [3.63, 3.8) is 0 Å². The highest BCUT2D eigenvalue weighted by atomic mass is 16.5.